The van der Waals surface area contributed by atoms with Gasteiger partial charge in [0.2, 0.25) is 5.75 Å². The molecule has 0 spiro atoms. The Morgan fingerprint density at radius 2 is 1.73 bits per heavy atom. The third-order valence-corrected chi connectivity index (χ3v) is 3.72. The van der Waals surface area contributed by atoms with Gasteiger partial charge in [-0.3, -0.25) is 4.79 Å². The second kappa shape index (κ2) is 8.34. The van der Waals surface area contributed by atoms with E-state index >= 15 is 0 Å². The first kappa shape index (κ1) is 17.7. The fourth-order valence-corrected chi connectivity index (χ4v) is 2.50. The summed E-state index contributed by atoms with van der Waals surface area (Å²) in [6, 6.07) is 17.5. The first-order chi connectivity index (χ1) is 12.6. The molecule has 0 unspecified atom stereocenters. The van der Waals surface area contributed by atoms with Crippen LogP contribution in [0.3, 0.4) is 0 Å². The number of aromatic nitrogens is 2. The van der Waals surface area contributed by atoms with Crippen LogP contribution < -0.4 is 15.0 Å². The number of ether oxygens (including phenoxy) is 2. The molecule has 3 aromatic rings. The number of benzene rings is 2. The van der Waals surface area contributed by atoms with Crippen LogP contribution in [0.4, 0.5) is 0 Å². The molecule has 5 heteroatoms. The molecular formula is C21H22N2O3. The molecule has 0 atom stereocenters. The van der Waals surface area contributed by atoms with Gasteiger partial charge in [0.25, 0.3) is 5.56 Å². The van der Waals surface area contributed by atoms with Crippen molar-refractivity contribution in [3.8, 4) is 11.5 Å². The zero-order valence-corrected chi connectivity index (χ0v) is 14.9. The minimum atomic E-state index is -0.273. The molecule has 0 aliphatic heterocycles. The van der Waals surface area contributed by atoms with Gasteiger partial charge in [0.1, 0.15) is 18.2 Å². The fourth-order valence-electron chi connectivity index (χ4n) is 2.50. The van der Waals surface area contributed by atoms with Crippen molar-refractivity contribution >= 4 is 0 Å². The monoisotopic (exact) mass is 350 g/mol. The van der Waals surface area contributed by atoms with Crippen molar-refractivity contribution in [3.05, 3.63) is 88.1 Å². The van der Waals surface area contributed by atoms with Crippen molar-refractivity contribution in [2.24, 2.45) is 0 Å². The van der Waals surface area contributed by atoms with Crippen molar-refractivity contribution in [1.29, 1.82) is 0 Å². The van der Waals surface area contributed by atoms with Crippen LogP contribution in [0, 0.1) is 0 Å². The van der Waals surface area contributed by atoms with E-state index in [1.54, 1.807) is 0 Å². The quantitative estimate of drug-likeness (QED) is 0.705. The summed E-state index contributed by atoms with van der Waals surface area (Å²) in [4.78, 5) is 19.3. The van der Waals surface area contributed by atoms with Gasteiger partial charge in [-0.1, -0.05) is 42.5 Å². The number of H-pyrrole nitrogens is 1. The Bertz CT molecular complexity index is 887. The molecule has 134 valence electrons. The molecule has 3 rings (SSSR count). The van der Waals surface area contributed by atoms with Gasteiger partial charge in [-0.15, -0.1) is 0 Å². The maximum atomic E-state index is 12.2. The van der Waals surface area contributed by atoms with Crippen molar-refractivity contribution in [2.75, 3.05) is 0 Å². The number of rotatable bonds is 7. The molecule has 1 N–H and O–H groups in total. The van der Waals surface area contributed by atoms with E-state index in [1.807, 2.05) is 68.4 Å². The molecule has 5 nitrogen and oxygen atoms in total. The smallest absolute Gasteiger partial charge is 0.293 e. The third-order valence-electron chi connectivity index (χ3n) is 3.72. The molecule has 0 radical (unpaired) electrons. The first-order valence-corrected chi connectivity index (χ1v) is 8.60. The van der Waals surface area contributed by atoms with Gasteiger partial charge in [-0.05, 0) is 37.1 Å². The van der Waals surface area contributed by atoms with E-state index in [0.29, 0.717) is 18.9 Å². The lowest BCUT2D eigenvalue weighted by atomic mass is 10.1. The van der Waals surface area contributed by atoms with E-state index in [2.05, 4.69) is 9.97 Å². The number of hydrogen-bond donors (Lipinski definition) is 1. The molecule has 0 amide bonds. The highest BCUT2D eigenvalue weighted by Gasteiger charge is 2.06. The van der Waals surface area contributed by atoms with Gasteiger partial charge in [-0.2, -0.15) is 0 Å². The Hall–Kier alpha value is -3.08. The van der Waals surface area contributed by atoms with Crippen LogP contribution in [-0.2, 0) is 13.0 Å². The molecule has 0 saturated heterocycles. The number of hydrogen-bond acceptors (Lipinski definition) is 4. The molecule has 0 saturated carbocycles. The fraction of sp³-hybridized carbons (Fsp3) is 0.238. The molecule has 1 heterocycles. The van der Waals surface area contributed by atoms with E-state index in [0.717, 1.165) is 16.9 Å². The van der Waals surface area contributed by atoms with Crippen molar-refractivity contribution in [3.63, 3.8) is 0 Å². The summed E-state index contributed by atoms with van der Waals surface area (Å²) in [5, 5.41) is 0. The minimum Gasteiger partial charge on any atom is -0.491 e. The third kappa shape index (κ3) is 4.96. The van der Waals surface area contributed by atoms with E-state index in [1.165, 1.54) is 6.20 Å². The van der Waals surface area contributed by atoms with Gasteiger partial charge in [0.05, 0.1) is 12.3 Å². The summed E-state index contributed by atoms with van der Waals surface area (Å²) in [5.74, 6) is 1.65. The molecular weight excluding hydrogens is 328 g/mol. The molecule has 26 heavy (non-hydrogen) atoms. The highest BCUT2D eigenvalue weighted by Crippen LogP contribution is 2.15. The van der Waals surface area contributed by atoms with Gasteiger partial charge in [0.15, 0.2) is 0 Å². The largest absolute Gasteiger partial charge is 0.491 e. The van der Waals surface area contributed by atoms with Crippen molar-refractivity contribution in [1.82, 2.24) is 9.97 Å². The van der Waals surface area contributed by atoms with Crippen LogP contribution in [0.15, 0.2) is 65.6 Å². The van der Waals surface area contributed by atoms with Crippen molar-refractivity contribution < 1.29 is 9.47 Å². The van der Waals surface area contributed by atoms with Crippen LogP contribution in [0.25, 0.3) is 0 Å². The summed E-state index contributed by atoms with van der Waals surface area (Å²) in [6.45, 7) is 4.32. The standard InChI is InChI=1S/C21H22N2O3/c1-15(2)26-18-10-8-16(9-11-18)12-20-22-13-19(21(24)23-20)25-14-17-6-4-3-5-7-17/h3-11,13,15H,12,14H2,1-2H3,(H,22,23,24). The minimum absolute atomic E-state index is 0.141. The lowest BCUT2D eigenvalue weighted by molar-refractivity contribution is 0.242. The lowest BCUT2D eigenvalue weighted by Gasteiger charge is -2.10. The predicted octanol–water partition coefficient (Wildman–Crippen LogP) is 3.73. The Morgan fingerprint density at radius 1 is 1.00 bits per heavy atom. The maximum Gasteiger partial charge on any atom is 0.293 e. The SMILES string of the molecule is CC(C)Oc1ccc(Cc2ncc(OCc3ccccc3)c(=O)[nH]2)cc1. The summed E-state index contributed by atoms with van der Waals surface area (Å²) in [6.07, 6.45) is 2.16. The predicted molar refractivity (Wildman–Crippen MR) is 101 cm³/mol. The second-order valence-electron chi connectivity index (χ2n) is 6.28. The summed E-state index contributed by atoms with van der Waals surface area (Å²) in [7, 11) is 0. The van der Waals surface area contributed by atoms with Gasteiger partial charge < -0.3 is 14.5 Å². The zero-order valence-electron chi connectivity index (χ0n) is 14.9. The number of nitrogens with zero attached hydrogens (tertiary/aromatic N) is 1. The van der Waals surface area contributed by atoms with E-state index < -0.39 is 0 Å². The van der Waals surface area contributed by atoms with E-state index in [9.17, 15) is 4.79 Å². The first-order valence-electron chi connectivity index (χ1n) is 8.60. The molecule has 1 aromatic heterocycles. The van der Waals surface area contributed by atoms with Crippen molar-refractivity contribution in [2.45, 2.75) is 33.0 Å². The maximum absolute atomic E-state index is 12.2. The highest BCUT2D eigenvalue weighted by molar-refractivity contribution is 5.29. The van der Waals surface area contributed by atoms with E-state index in [-0.39, 0.29) is 17.4 Å². The Balaban J connectivity index is 1.63. The topological polar surface area (TPSA) is 64.2 Å². The van der Waals surface area contributed by atoms with E-state index in [4.69, 9.17) is 9.47 Å². The lowest BCUT2D eigenvalue weighted by Crippen LogP contribution is -2.15. The molecule has 0 aliphatic carbocycles. The zero-order chi connectivity index (χ0) is 18.4. The summed E-state index contributed by atoms with van der Waals surface area (Å²) in [5.41, 5.74) is 1.77. The average Bonchev–Trinajstić information content (AvgIpc) is 2.63. The Morgan fingerprint density at radius 3 is 2.38 bits per heavy atom. The van der Waals surface area contributed by atoms with Crippen LogP contribution in [0.1, 0.15) is 30.8 Å². The average molecular weight is 350 g/mol. The second-order valence-corrected chi connectivity index (χ2v) is 6.28. The van der Waals surface area contributed by atoms with Gasteiger partial charge in [-0.25, -0.2) is 4.98 Å². The van der Waals surface area contributed by atoms with Crippen LogP contribution in [-0.4, -0.2) is 16.1 Å². The summed E-state index contributed by atoms with van der Waals surface area (Å²) >= 11 is 0. The highest BCUT2D eigenvalue weighted by atomic mass is 16.5. The van der Waals surface area contributed by atoms with Crippen LogP contribution in [0.5, 0.6) is 11.5 Å². The number of aromatic amines is 1. The number of nitrogens with one attached hydrogen (secondary N) is 1. The van der Waals surface area contributed by atoms with Gasteiger partial charge in [0, 0.05) is 6.42 Å². The van der Waals surface area contributed by atoms with Crippen LogP contribution >= 0.6 is 0 Å². The van der Waals surface area contributed by atoms with Crippen LogP contribution in [0.2, 0.25) is 0 Å². The normalized spacial score (nSPS) is 10.7. The molecule has 2 aromatic carbocycles. The Labute approximate surface area is 152 Å². The molecule has 0 fully saturated rings. The molecule has 0 bridgehead atoms. The van der Waals surface area contributed by atoms with Gasteiger partial charge >= 0.3 is 0 Å². The Kier molecular flexibility index (Phi) is 5.69. The molecule has 0 aliphatic rings. The summed E-state index contributed by atoms with van der Waals surface area (Å²) < 4.78 is 11.2.